The Morgan fingerprint density at radius 3 is 2.43 bits per heavy atom. The van der Waals surface area contributed by atoms with Crippen molar-refractivity contribution in [3.8, 4) is 11.4 Å². The molecule has 0 radical (unpaired) electrons. The Morgan fingerprint density at radius 2 is 1.76 bits per heavy atom. The highest BCUT2D eigenvalue weighted by molar-refractivity contribution is 9.10. The summed E-state index contributed by atoms with van der Waals surface area (Å²) in [6.45, 7) is 4.44. The average molecular weight is 340 g/mol. The van der Waals surface area contributed by atoms with E-state index in [1.165, 1.54) is 5.56 Å². The lowest BCUT2D eigenvalue weighted by atomic mass is 10.1. The zero-order chi connectivity index (χ0) is 14.7. The third-order valence-corrected chi connectivity index (χ3v) is 3.79. The monoisotopic (exact) mass is 339 g/mol. The lowest BCUT2D eigenvalue weighted by Crippen LogP contribution is -2.02. The molecular weight excluding hydrogens is 326 g/mol. The Kier molecular flexibility index (Phi) is 3.97. The maximum Gasteiger partial charge on any atom is 0.196 e. The molecule has 21 heavy (non-hydrogen) atoms. The third kappa shape index (κ3) is 3.11. The van der Waals surface area contributed by atoms with E-state index in [1.807, 2.05) is 53.2 Å². The minimum absolute atomic E-state index is 0.678. The molecule has 0 N–H and O–H groups in total. The highest BCUT2D eigenvalue weighted by atomic mass is 79.9. The van der Waals surface area contributed by atoms with Gasteiger partial charge in [0.1, 0.15) is 0 Å². The highest BCUT2D eigenvalue weighted by Crippen LogP contribution is 2.19. The van der Waals surface area contributed by atoms with E-state index >= 15 is 0 Å². The largest absolute Gasteiger partial charge is 0.235 e. The fourth-order valence-electron chi connectivity index (χ4n) is 2.07. The van der Waals surface area contributed by atoms with E-state index in [0.29, 0.717) is 6.54 Å². The summed E-state index contributed by atoms with van der Waals surface area (Å²) in [6, 6.07) is 18.2. The molecule has 0 spiro atoms. The third-order valence-electron chi connectivity index (χ3n) is 3.21. The van der Waals surface area contributed by atoms with E-state index in [2.05, 4.69) is 44.7 Å². The maximum atomic E-state index is 4.56. The molecule has 0 aliphatic heterocycles. The smallest absolute Gasteiger partial charge is 0.196 e. The van der Waals surface area contributed by atoms with Gasteiger partial charge in [-0.1, -0.05) is 67.3 Å². The molecule has 0 aliphatic rings. The van der Waals surface area contributed by atoms with E-state index in [4.69, 9.17) is 0 Å². The van der Waals surface area contributed by atoms with Crippen molar-refractivity contribution in [2.45, 2.75) is 6.54 Å². The molecule has 0 fully saturated rings. The molecule has 1 aromatic heterocycles. The fraction of sp³-hybridized carbons (Fsp3) is 0.0588. The number of hydrogen-bond donors (Lipinski definition) is 0. The van der Waals surface area contributed by atoms with Crippen molar-refractivity contribution in [1.82, 2.24) is 14.8 Å². The summed E-state index contributed by atoms with van der Waals surface area (Å²) in [4.78, 5) is 4.46. The minimum atomic E-state index is 0.678. The van der Waals surface area contributed by atoms with Crippen LogP contribution in [0.25, 0.3) is 17.5 Å². The second-order valence-electron chi connectivity index (χ2n) is 4.67. The van der Waals surface area contributed by atoms with Crippen LogP contribution in [0.4, 0.5) is 0 Å². The maximum absolute atomic E-state index is 4.56. The predicted molar refractivity (Wildman–Crippen MR) is 88.8 cm³/mol. The van der Waals surface area contributed by atoms with Crippen molar-refractivity contribution >= 4 is 22.0 Å². The summed E-state index contributed by atoms with van der Waals surface area (Å²) < 4.78 is 2.58. The molecule has 0 unspecified atom stereocenters. The van der Waals surface area contributed by atoms with Crippen LogP contribution < -0.4 is 0 Å². The van der Waals surface area contributed by atoms with E-state index < -0.39 is 0 Å². The molecule has 4 heteroatoms. The topological polar surface area (TPSA) is 30.7 Å². The van der Waals surface area contributed by atoms with Crippen molar-refractivity contribution in [2.75, 3.05) is 0 Å². The molecule has 3 rings (SSSR count). The van der Waals surface area contributed by atoms with E-state index in [-0.39, 0.29) is 0 Å². The summed E-state index contributed by atoms with van der Waals surface area (Å²) in [6.07, 6.45) is 1.84. The van der Waals surface area contributed by atoms with E-state index in [9.17, 15) is 0 Å². The first-order valence-electron chi connectivity index (χ1n) is 6.63. The van der Waals surface area contributed by atoms with Crippen molar-refractivity contribution in [2.24, 2.45) is 0 Å². The Bertz CT molecular complexity index is 745. The van der Waals surface area contributed by atoms with Crippen molar-refractivity contribution in [1.29, 1.82) is 0 Å². The first-order chi connectivity index (χ1) is 10.3. The van der Waals surface area contributed by atoms with Crippen LogP contribution in [0.3, 0.4) is 0 Å². The number of aromatic nitrogens is 3. The molecule has 1 heterocycles. The predicted octanol–water partition coefficient (Wildman–Crippen LogP) is 4.40. The number of nitrogens with zero attached hydrogens (tertiary/aromatic N) is 3. The molecule has 2 aromatic carbocycles. The molecule has 0 saturated heterocycles. The zero-order valence-corrected chi connectivity index (χ0v) is 13.0. The van der Waals surface area contributed by atoms with Gasteiger partial charge in [0.05, 0.1) is 6.54 Å². The lowest BCUT2D eigenvalue weighted by Gasteiger charge is -2.03. The second kappa shape index (κ2) is 6.06. The van der Waals surface area contributed by atoms with Crippen molar-refractivity contribution < 1.29 is 0 Å². The number of hydrogen-bond acceptors (Lipinski definition) is 2. The molecule has 3 aromatic rings. The van der Waals surface area contributed by atoms with E-state index in [0.717, 1.165) is 21.7 Å². The Hall–Kier alpha value is -2.20. The van der Waals surface area contributed by atoms with Gasteiger partial charge in [0.15, 0.2) is 10.6 Å². The summed E-state index contributed by atoms with van der Waals surface area (Å²) >= 11 is 3.47. The van der Waals surface area contributed by atoms with Gasteiger partial charge >= 0.3 is 0 Å². The summed E-state index contributed by atoms with van der Waals surface area (Å²) in [7, 11) is 0. The Labute approximate surface area is 132 Å². The van der Waals surface area contributed by atoms with Gasteiger partial charge in [-0.25, -0.2) is 9.67 Å². The average Bonchev–Trinajstić information content (AvgIpc) is 2.90. The van der Waals surface area contributed by atoms with Crippen LogP contribution in [0.15, 0.2) is 65.9 Å². The SMILES string of the molecule is C=Cc1ccc(Cn2nc(-c3ccccc3)nc2Br)cc1. The lowest BCUT2D eigenvalue weighted by molar-refractivity contribution is 0.669. The molecule has 0 saturated carbocycles. The standard InChI is InChI=1S/C17H14BrN3/c1-2-13-8-10-14(11-9-13)12-21-17(18)19-16(20-21)15-6-4-3-5-7-15/h2-11H,1,12H2. The van der Waals surface area contributed by atoms with Gasteiger partial charge in [-0.15, -0.1) is 5.10 Å². The summed E-state index contributed by atoms with van der Waals surface area (Å²) in [5, 5.41) is 4.56. The first-order valence-corrected chi connectivity index (χ1v) is 7.43. The number of benzene rings is 2. The van der Waals surface area contributed by atoms with Crippen LogP contribution in [0.5, 0.6) is 0 Å². The fourth-order valence-corrected chi connectivity index (χ4v) is 2.44. The molecule has 0 bridgehead atoms. The Balaban J connectivity index is 1.86. The van der Waals surface area contributed by atoms with Gasteiger partial charge in [0, 0.05) is 5.56 Å². The Morgan fingerprint density at radius 1 is 1.05 bits per heavy atom. The van der Waals surface area contributed by atoms with Gasteiger partial charge < -0.3 is 0 Å². The number of rotatable bonds is 4. The van der Waals surface area contributed by atoms with Gasteiger partial charge in [-0.2, -0.15) is 0 Å². The molecular formula is C17H14BrN3. The molecule has 0 atom stereocenters. The van der Waals surface area contributed by atoms with Crippen LogP contribution in [-0.2, 0) is 6.54 Å². The van der Waals surface area contributed by atoms with Crippen LogP contribution in [0.1, 0.15) is 11.1 Å². The quantitative estimate of drug-likeness (QED) is 0.705. The molecule has 0 aliphatic carbocycles. The van der Waals surface area contributed by atoms with Crippen molar-refractivity contribution in [3.05, 3.63) is 77.0 Å². The van der Waals surface area contributed by atoms with Crippen LogP contribution in [-0.4, -0.2) is 14.8 Å². The van der Waals surface area contributed by atoms with Gasteiger partial charge in [-0.3, -0.25) is 0 Å². The van der Waals surface area contributed by atoms with Gasteiger partial charge in [0.2, 0.25) is 0 Å². The zero-order valence-electron chi connectivity index (χ0n) is 11.4. The van der Waals surface area contributed by atoms with Crippen molar-refractivity contribution in [3.63, 3.8) is 0 Å². The number of halogens is 1. The van der Waals surface area contributed by atoms with Crippen LogP contribution >= 0.6 is 15.9 Å². The first kappa shape index (κ1) is 13.8. The molecule has 0 amide bonds. The normalized spacial score (nSPS) is 10.5. The van der Waals surface area contributed by atoms with Gasteiger partial charge in [0.25, 0.3) is 0 Å². The van der Waals surface area contributed by atoms with Crippen LogP contribution in [0, 0.1) is 0 Å². The molecule has 3 nitrogen and oxygen atoms in total. The minimum Gasteiger partial charge on any atom is -0.235 e. The van der Waals surface area contributed by atoms with Crippen LogP contribution in [0.2, 0.25) is 0 Å². The molecule has 104 valence electrons. The van der Waals surface area contributed by atoms with Gasteiger partial charge in [-0.05, 0) is 27.1 Å². The second-order valence-corrected chi connectivity index (χ2v) is 5.38. The summed E-state index contributed by atoms with van der Waals surface area (Å²) in [5.41, 5.74) is 3.30. The van der Waals surface area contributed by atoms with E-state index in [1.54, 1.807) is 0 Å². The summed E-state index contributed by atoms with van der Waals surface area (Å²) in [5.74, 6) is 0.727. The highest BCUT2D eigenvalue weighted by Gasteiger charge is 2.09.